The molecular weight excluding hydrogens is 307 g/mol. The SMILES string of the molecule is CC(=O)N1c2ccc([C]=O)cc2C(Nc2ccc(F)cc2)CC1C. The van der Waals surface area contributed by atoms with Crippen LogP contribution in [0.2, 0.25) is 0 Å². The smallest absolute Gasteiger partial charge is 0.233 e. The van der Waals surface area contributed by atoms with E-state index in [2.05, 4.69) is 5.32 Å². The molecule has 0 aromatic heterocycles. The molecule has 2 aromatic rings. The minimum atomic E-state index is -0.293. The van der Waals surface area contributed by atoms with Gasteiger partial charge in [0.15, 0.2) is 0 Å². The van der Waals surface area contributed by atoms with Crippen LogP contribution in [0.1, 0.15) is 37.4 Å². The third-order valence-electron chi connectivity index (χ3n) is 4.32. The highest BCUT2D eigenvalue weighted by molar-refractivity contribution is 5.94. The first-order chi connectivity index (χ1) is 11.5. The number of anilines is 2. The molecule has 1 radical (unpaired) electrons. The highest BCUT2D eigenvalue weighted by atomic mass is 19.1. The molecule has 0 fully saturated rings. The number of hydrogen-bond acceptors (Lipinski definition) is 3. The Morgan fingerprint density at radius 2 is 1.96 bits per heavy atom. The maximum absolute atomic E-state index is 13.1. The van der Waals surface area contributed by atoms with Gasteiger partial charge in [-0.1, -0.05) is 0 Å². The number of amides is 1. The second-order valence-corrected chi connectivity index (χ2v) is 6.05. The quantitative estimate of drug-likeness (QED) is 0.938. The van der Waals surface area contributed by atoms with Crippen molar-refractivity contribution in [2.45, 2.75) is 32.4 Å². The predicted molar refractivity (Wildman–Crippen MR) is 91.2 cm³/mol. The summed E-state index contributed by atoms with van der Waals surface area (Å²) < 4.78 is 13.1. The molecule has 0 saturated carbocycles. The summed E-state index contributed by atoms with van der Waals surface area (Å²) in [6, 6.07) is 11.3. The van der Waals surface area contributed by atoms with Gasteiger partial charge in [-0.05, 0) is 61.4 Å². The largest absolute Gasteiger partial charge is 0.378 e. The van der Waals surface area contributed by atoms with Crippen LogP contribution in [0.15, 0.2) is 42.5 Å². The lowest BCUT2D eigenvalue weighted by Crippen LogP contribution is -2.43. The zero-order chi connectivity index (χ0) is 17.3. The van der Waals surface area contributed by atoms with Crippen LogP contribution in [0.25, 0.3) is 0 Å². The van der Waals surface area contributed by atoms with Crippen molar-refractivity contribution in [1.82, 2.24) is 0 Å². The lowest BCUT2D eigenvalue weighted by atomic mass is 9.90. The maximum Gasteiger partial charge on any atom is 0.233 e. The summed E-state index contributed by atoms with van der Waals surface area (Å²) in [6.45, 7) is 3.53. The molecule has 2 atom stereocenters. The van der Waals surface area contributed by atoms with Crippen LogP contribution in [0.5, 0.6) is 0 Å². The number of rotatable bonds is 3. The van der Waals surface area contributed by atoms with Crippen LogP contribution in [0.3, 0.4) is 0 Å². The van der Waals surface area contributed by atoms with Gasteiger partial charge in [-0.3, -0.25) is 9.59 Å². The average Bonchev–Trinajstić information content (AvgIpc) is 2.56. The molecular formula is C19H18FN2O2. The van der Waals surface area contributed by atoms with E-state index in [9.17, 15) is 14.0 Å². The zero-order valence-electron chi connectivity index (χ0n) is 13.5. The topological polar surface area (TPSA) is 49.4 Å². The summed E-state index contributed by atoms with van der Waals surface area (Å²) in [5, 5.41) is 3.37. The Balaban J connectivity index is 2.01. The van der Waals surface area contributed by atoms with Crippen LogP contribution in [0.4, 0.5) is 15.8 Å². The van der Waals surface area contributed by atoms with Gasteiger partial charge in [-0.2, -0.15) is 0 Å². The van der Waals surface area contributed by atoms with E-state index < -0.39 is 0 Å². The Morgan fingerprint density at radius 1 is 1.25 bits per heavy atom. The van der Waals surface area contributed by atoms with Crippen molar-refractivity contribution >= 4 is 23.6 Å². The van der Waals surface area contributed by atoms with E-state index in [0.29, 0.717) is 12.0 Å². The number of nitrogens with zero attached hydrogens (tertiary/aromatic N) is 1. The summed E-state index contributed by atoms with van der Waals surface area (Å²) in [7, 11) is 0. The van der Waals surface area contributed by atoms with E-state index in [1.165, 1.54) is 19.1 Å². The molecule has 4 nitrogen and oxygen atoms in total. The first-order valence-electron chi connectivity index (χ1n) is 7.83. The molecule has 123 valence electrons. The number of fused-ring (bicyclic) bond motifs is 1. The number of hydrogen-bond donors (Lipinski definition) is 1. The minimum Gasteiger partial charge on any atom is -0.378 e. The summed E-state index contributed by atoms with van der Waals surface area (Å²) in [5.41, 5.74) is 2.89. The lowest BCUT2D eigenvalue weighted by Gasteiger charge is -2.39. The number of benzene rings is 2. The van der Waals surface area contributed by atoms with E-state index in [0.717, 1.165) is 16.9 Å². The van der Waals surface area contributed by atoms with E-state index in [4.69, 9.17) is 0 Å². The summed E-state index contributed by atoms with van der Waals surface area (Å²) in [6.07, 6.45) is 2.58. The van der Waals surface area contributed by atoms with E-state index in [1.807, 2.05) is 13.2 Å². The Morgan fingerprint density at radius 3 is 2.58 bits per heavy atom. The molecule has 3 rings (SSSR count). The Labute approximate surface area is 140 Å². The predicted octanol–water partition coefficient (Wildman–Crippen LogP) is 3.58. The lowest BCUT2D eigenvalue weighted by molar-refractivity contribution is -0.117. The fourth-order valence-corrected chi connectivity index (χ4v) is 3.29. The van der Waals surface area contributed by atoms with E-state index in [1.54, 1.807) is 35.2 Å². The van der Waals surface area contributed by atoms with Gasteiger partial charge in [0.05, 0.1) is 6.04 Å². The Bertz CT molecular complexity index is 773. The average molecular weight is 325 g/mol. The summed E-state index contributed by atoms with van der Waals surface area (Å²) >= 11 is 0. The number of carbonyl (C=O) groups is 1. The monoisotopic (exact) mass is 325 g/mol. The molecule has 1 aliphatic heterocycles. The van der Waals surface area contributed by atoms with Crippen molar-refractivity contribution in [3.8, 4) is 0 Å². The second-order valence-electron chi connectivity index (χ2n) is 6.05. The van der Waals surface area contributed by atoms with Gasteiger partial charge in [-0.25, -0.2) is 4.39 Å². The number of carbonyl (C=O) groups excluding carboxylic acids is 2. The molecule has 1 amide bonds. The van der Waals surface area contributed by atoms with Crippen molar-refractivity contribution in [2.24, 2.45) is 0 Å². The van der Waals surface area contributed by atoms with Gasteiger partial charge in [0.25, 0.3) is 0 Å². The molecule has 2 aromatic carbocycles. The van der Waals surface area contributed by atoms with Gasteiger partial charge in [0.2, 0.25) is 12.2 Å². The fourth-order valence-electron chi connectivity index (χ4n) is 3.29. The minimum absolute atomic E-state index is 0.0130. The van der Waals surface area contributed by atoms with Gasteiger partial charge in [-0.15, -0.1) is 0 Å². The van der Waals surface area contributed by atoms with Crippen LogP contribution in [0, 0.1) is 5.82 Å². The molecule has 1 N–H and O–H groups in total. The number of nitrogens with one attached hydrogen (secondary N) is 1. The molecule has 0 aliphatic carbocycles. The first kappa shape index (κ1) is 16.2. The zero-order valence-corrected chi connectivity index (χ0v) is 13.5. The van der Waals surface area contributed by atoms with E-state index in [-0.39, 0.29) is 23.8 Å². The highest BCUT2D eigenvalue weighted by Crippen LogP contribution is 2.39. The van der Waals surface area contributed by atoms with Crippen molar-refractivity contribution in [2.75, 3.05) is 10.2 Å². The highest BCUT2D eigenvalue weighted by Gasteiger charge is 2.32. The van der Waals surface area contributed by atoms with Crippen LogP contribution < -0.4 is 10.2 Å². The van der Waals surface area contributed by atoms with Crippen molar-refractivity contribution in [3.63, 3.8) is 0 Å². The summed E-state index contributed by atoms with van der Waals surface area (Å²) in [5.74, 6) is -0.328. The van der Waals surface area contributed by atoms with Gasteiger partial charge in [0.1, 0.15) is 5.82 Å². The van der Waals surface area contributed by atoms with Gasteiger partial charge < -0.3 is 10.2 Å². The molecule has 0 bridgehead atoms. The standard InChI is InChI=1S/C19H18FN2O2/c1-12-9-18(21-16-6-4-15(20)5-7-16)17-10-14(11-23)3-8-19(17)22(12)13(2)24/h3-8,10,12,18,21H,9H2,1-2H3. The molecule has 0 saturated heterocycles. The second kappa shape index (κ2) is 6.43. The normalized spacial score (nSPS) is 19.5. The summed E-state index contributed by atoms with van der Waals surface area (Å²) in [4.78, 5) is 24.8. The van der Waals surface area contributed by atoms with Crippen LogP contribution in [-0.4, -0.2) is 18.2 Å². The third kappa shape index (κ3) is 3.02. The Hall–Kier alpha value is -2.69. The van der Waals surface area contributed by atoms with Crippen LogP contribution >= 0.6 is 0 Å². The molecule has 0 spiro atoms. The fraction of sp³-hybridized carbons (Fsp3) is 0.263. The van der Waals surface area contributed by atoms with Crippen LogP contribution in [-0.2, 0) is 9.59 Å². The van der Waals surface area contributed by atoms with Crippen molar-refractivity contribution in [1.29, 1.82) is 0 Å². The molecule has 24 heavy (non-hydrogen) atoms. The van der Waals surface area contributed by atoms with Crippen molar-refractivity contribution < 1.29 is 14.0 Å². The van der Waals surface area contributed by atoms with Gasteiger partial charge in [0, 0.05) is 29.9 Å². The van der Waals surface area contributed by atoms with Gasteiger partial charge >= 0.3 is 0 Å². The Kier molecular flexibility index (Phi) is 4.34. The third-order valence-corrected chi connectivity index (χ3v) is 4.32. The number of halogens is 1. The maximum atomic E-state index is 13.1. The molecule has 1 aliphatic rings. The first-order valence-corrected chi connectivity index (χ1v) is 7.83. The molecule has 1 heterocycles. The van der Waals surface area contributed by atoms with E-state index >= 15 is 0 Å². The molecule has 2 unspecified atom stereocenters. The van der Waals surface area contributed by atoms with Crippen molar-refractivity contribution in [3.05, 3.63) is 59.4 Å². The molecule has 5 heteroatoms.